The maximum atomic E-state index is 9.31. The van der Waals surface area contributed by atoms with E-state index in [0.717, 1.165) is 62.0 Å². The first-order valence-electron chi connectivity index (χ1n) is 25.3. The Morgan fingerprint density at radius 3 is 0.974 bits per heavy atom. The molecule has 1 N–H and O–H groups in total. The number of fused-ring (bicyclic) bond motifs is 7. The number of nitrogens with zero attached hydrogens (tertiary/aromatic N) is 5. The summed E-state index contributed by atoms with van der Waals surface area (Å²) in [7, 11) is 0. The fraction of sp³-hybridized carbons (Fsp3) is 0. The minimum absolute atomic E-state index is 0. The molecule has 8 heteroatoms. The van der Waals surface area contributed by atoms with Crippen LogP contribution in [0, 0.1) is 7.43 Å². The normalized spacial score (nSPS) is 10.8. The Hall–Kier alpha value is -8.98. The predicted octanol–water partition coefficient (Wildman–Crippen LogP) is 13.0. The summed E-state index contributed by atoms with van der Waals surface area (Å²) in [5.74, 6) is 0.239. The molecular weight excluding hydrogens is 941 g/mol. The molecule has 14 rings (SSSR count). The number of anilines is 6. The van der Waals surface area contributed by atoms with Crippen molar-refractivity contribution in [3.05, 3.63) is 299 Å². The standard InChI is InChI=1S/C60H42N4.C9H7NO.CH3.2Li.H/c1-3-15-45(16-4-1)61(49-35-39-51(40-36-49)63-57-23-11-7-19-53(57)54-20-8-12-24-58(54)63)47-31-27-43(28-32-47)44-29-33-48(34-30-44)62(46-17-5-2-6-18-46)50-37-41-52(42-38-50)64-59-25-13-9-21-55(59)56-22-10-14-26-60(56)64;11-8-5-1-3-7-4-2-6-10-9(7)8;;;;/h1-42H;1-6,11H;1H3;;;/q;;-1;2*+1;-1. The van der Waals surface area contributed by atoms with Gasteiger partial charge in [-0.1, -0.05) is 152 Å². The van der Waals surface area contributed by atoms with Gasteiger partial charge in [-0.15, -0.1) is 0 Å². The first-order valence-corrected chi connectivity index (χ1v) is 25.3. The molecule has 0 aliphatic rings. The number of hydrogen-bond acceptors (Lipinski definition) is 4. The second kappa shape index (κ2) is 23.1. The summed E-state index contributed by atoms with van der Waals surface area (Å²) in [6.45, 7) is 0. The van der Waals surface area contributed by atoms with Crippen molar-refractivity contribution in [1.29, 1.82) is 0 Å². The number of aromatic hydroxyl groups is 1. The molecule has 6 nitrogen and oxygen atoms in total. The quantitative estimate of drug-likeness (QED) is 0.116. The van der Waals surface area contributed by atoms with Crippen LogP contribution in [0.5, 0.6) is 5.75 Å². The van der Waals surface area contributed by atoms with Gasteiger partial charge in [0.15, 0.2) is 0 Å². The van der Waals surface area contributed by atoms with E-state index in [9.17, 15) is 5.11 Å². The van der Waals surface area contributed by atoms with Crippen LogP contribution < -0.4 is 47.5 Å². The fourth-order valence-corrected chi connectivity index (χ4v) is 10.6. The molecule has 0 saturated heterocycles. The zero-order valence-electron chi connectivity index (χ0n) is 44.9. The third kappa shape index (κ3) is 9.87. The van der Waals surface area contributed by atoms with Crippen molar-refractivity contribution in [2.75, 3.05) is 9.80 Å². The molecule has 3 heterocycles. The van der Waals surface area contributed by atoms with E-state index < -0.39 is 0 Å². The van der Waals surface area contributed by atoms with Crippen molar-refractivity contribution in [1.82, 2.24) is 14.1 Å². The summed E-state index contributed by atoms with van der Waals surface area (Å²) >= 11 is 0. The zero-order chi connectivity index (χ0) is 50.1. The van der Waals surface area contributed by atoms with Gasteiger partial charge in [0.2, 0.25) is 0 Å². The minimum Gasteiger partial charge on any atom is -1.00 e. The molecular formula is C70H53Li2N5O. The molecule has 14 aromatic rings. The van der Waals surface area contributed by atoms with Crippen molar-refractivity contribution in [3.63, 3.8) is 0 Å². The average molecular weight is 994 g/mol. The Balaban J connectivity index is 0.000000450. The average Bonchev–Trinajstić information content (AvgIpc) is 4.03. The van der Waals surface area contributed by atoms with Crippen LogP contribution in [0.25, 0.3) is 77.0 Å². The molecule has 0 spiro atoms. The molecule has 0 radical (unpaired) electrons. The van der Waals surface area contributed by atoms with E-state index in [1.54, 1.807) is 18.3 Å². The molecule has 0 atom stereocenters. The van der Waals surface area contributed by atoms with Crippen LogP contribution in [0.1, 0.15) is 1.43 Å². The molecule has 0 amide bonds. The van der Waals surface area contributed by atoms with E-state index >= 15 is 0 Å². The summed E-state index contributed by atoms with van der Waals surface area (Å²) in [5, 5.41) is 15.3. The van der Waals surface area contributed by atoms with Crippen LogP contribution in [-0.2, 0) is 0 Å². The number of rotatable bonds is 9. The van der Waals surface area contributed by atoms with Crippen LogP contribution in [0.2, 0.25) is 0 Å². The Morgan fingerprint density at radius 2 is 0.615 bits per heavy atom. The van der Waals surface area contributed by atoms with Crippen molar-refractivity contribution in [3.8, 4) is 28.3 Å². The molecule has 0 aliphatic carbocycles. The largest absolute Gasteiger partial charge is 1.00 e. The number of pyridine rings is 1. The van der Waals surface area contributed by atoms with Gasteiger partial charge in [0, 0.05) is 78.6 Å². The van der Waals surface area contributed by atoms with E-state index in [4.69, 9.17) is 0 Å². The summed E-state index contributed by atoms with van der Waals surface area (Å²) in [5.41, 5.74) is 16.7. The van der Waals surface area contributed by atoms with Gasteiger partial charge in [0.1, 0.15) is 11.3 Å². The first kappa shape index (κ1) is 52.5. The van der Waals surface area contributed by atoms with E-state index in [1.807, 2.05) is 18.2 Å². The Bertz CT molecular complexity index is 3950. The second-order valence-corrected chi connectivity index (χ2v) is 18.6. The molecule has 3 aromatic heterocycles. The maximum Gasteiger partial charge on any atom is 1.00 e. The Labute approximate surface area is 480 Å². The van der Waals surface area contributed by atoms with Crippen molar-refractivity contribution < 1.29 is 44.3 Å². The van der Waals surface area contributed by atoms with Gasteiger partial charge in [0.25, 0.3) is 0 Å². The molecule has 0 fully saturated rings. The third-order valence-electron chi connectivity index (χ3n) is 14.1. The van der Waals surface area contributed by atoms with Crippen LogP contribution >= 0.6 is 0 Å². The summed E-state index contributed by atoms with van der Waals surface area (Å²) in [6, 6.07) is 101. The van der Waals surface area contributed by atoms with Crippen LogP contribution in [0.15, 0.2) is 291 Å². The molecule has 78 heavy (non-hydrogen) atoms. The summed E-state index contributed by atoms with van der Waals surface area (Å²) in [4.78, 5) is 8.68. The summed E-state index contributed by atoms with van der Waals surface area (Å²) < 4.78 is 4.73. The summed E-state index contributed by atoms with van der Waals surface area (Å²) in [6.07, 6.45) is 1.67. The number of benzene rings is 11. The first-order chi connectivity index (χ1) is 37.1. The fourth-order valence-electron chi connectivity index (χ4n) is 10.6. The Kier molecular flexibility index (Phi) is 15.5. The van der Waals surface area contributed by atoms with E-state index in [1.165, 1.54) is 43.6 Å². The SMILES string of the molecule is Oc1cccc2cccnc12.[CH3-].[H-].[Li+].[Li+].c1ccc(N(c2ccc(-c3ccc(N(c4ccccc4)c4ccc(-n5c6ccccc6c6ccccc65)cc4)cc3)cc2)c2ccc(-n3c4ccccc4c4ccccc43)cc2)cc1. The molecule has 366 valence electrons. The molecule has 0 saturated carbocycles. The molecule has 0 bridgehead atoms. The van der Waals surface area contributed by atoms with E-state index in [2.05, 4.69) is 279 Å². The van der Waals surface area contributed by atoms with Gasteiger partial charge >= 0.3 is 37.7 Å². The third-order valence-corrected chi connectivity index (χ3v) is 14.1. The molecule has 0 unspecified atom stereocenters. The van der Waals surface area contributed by atoms with Gasteiger partial charge < -0.3 is 32.9 Å². The van der Waals surface area contributed by atoms with Gasteiger partial charge in [0.05, 0.1) is 22.1 Å². The van der Waals surface area contributed by atoms with Gasteiger partial charge in [-0.05, 0) is 145 Å². The topological polar surface area (TPSA) is 49.5 Å². The molecule has 11 aromatic carbocycles. The second-order valence-electron chi connectivity index (χ2n) is 18.6. The molecule has 0 aliphatic heterocycles. The van der Waals surface area contributed by atoms with Gasteiger partial charge in [-0.25, -0.2) is 0 Å². The number of aromatic nitrogens is 3. The Morgan fingerprint density at radius 1 is 0.308 bits per heavy atom. The van der Waals surface area contributed by atoms with Gasteiger partial charge in [-0.3, -0.25) is 4.98 Å². The van der Waals surface area contributed by atoms with Crippen molar-refractivity contribution in [2.45, 2.75) is 0 Å². The zero-order valence-corrected chi connectivity index (χ0v) is 43.9. The smallest absolute Gasteiger partial charge is 1.00 e. The monoisotopic (exact) mass is 993 g/mol. The van der Waals surface area contributed by atoms with Crippen LogP contribution in [0.3, 0.4) is 0 Å². The minimum atomic E-state index is 0. The number of hydrogen-bond donors (Lipinski definition) is 1. The van der Waals surface area contributed by atoms with Crippen LogP contribution in [0.4, 0.5) is 34.1 Å². The van der Waals surface area contributed by atoms with Crippen LogP contribution in [-0.4, -0.2) is 19.2 Å². The number of phenols is 1. The van der Waals surface area contributed by atoms with Crippen molar-refractivity contribution in [2.24, 2.45) is 0 Å². The van der Waals surface area contributed by atoms with E-state index in [0.29, 0.717) is 5.52 Å². The number of phenolic OH excluding ortho intramolecular Hbond substituents is 1. The maximum absolute atomic E-state index is 9.31. The van der Waals surface area contributed by atoms with E-state index in [-0.39, 0.29) is 52.3 Å². The van der Waals surface area contributed by atoms with Crippen molar-refractivity contribution >= 4 is 88.6 Å². The predicted molar refractivity (Wildman–Crippen MR) is 321 cm³/mol. The number of para-hydroxylation sites is 7. The van der Waals surface area contributed by atoms with Gasteiger partial charge in [-0.2, -0.15) is 0 Å².